The number of hydrogen-bond acceptors (Lipinski definition) is 3. The molecule has 2 rings (SSSR count). The molecule has 0 unspecified atom stereocenters. The van der Waals surface area contributed by atoms with E-state index in [1.807, 2.05) is 13.0 Å². The molecule has 0 spiro atoms. The van der Waals surface area contributed by atoms with Crippen molar-refractivity contribution in [2.75, 3.05) is 6.61 Å². The maximum Gasteiger partial charge on any atom is 0.340 e. The SMILES string of the molecule is CCOC(=O)c1c(C)n(C(C)C)c2ccc(O)cc12. The summed E-state index contributed by atoms with van der Waals surface area (Å²) in [6.07, 6.45) is 0. The number of esters is 1. The lowest BCUT2D eigenvalue weighted by Crippen LogP contribution is -2.08. The molecule has 0 bridgehead atoms. The van der Waals surface area contributed by atoms with Gasteiger partial charge < -0.3 is 14.4 Å². The molecule has 2 aromatic rings. The van der Waals surface area contributed by atoms with E-state index in [-0.39, 0.29) is 17.8 Å². The van der Waals surface area contributed by atoms with E-state index < -0.39 is 0 Å². The van der Waals surface area contributed by atoms with E-state index in [1.54, 1.807) is 19.1 Å². The van der Waals surface area contributed by atoms with Gasteiger partial charge in [0.05, 0.1) is 12.2 Å². The number of fused-ring (bicyclic) bond motifs is 1. The number of rotatable bonds is 3. The van der Waals surface area contributed by atoms with Crippen LogP contribution in [-0.2, 0) is 4.74 Å². The fraction of sp³-hybridized carbons (Fsp3) is 0.400. The van der Waals surface area contributed by atoms with Crippen molar-refractivity contribution in [2.24, 2.45) is 0 Å². The van der Waals surface area contributed by atoms with E-state index in [9.17, 15) is 9.90 Å². The predicted molar refractivity (Wildman–Crippen MR) is 74.7 cm³/mol. The topological polar surface area (TPSA) is 51.5 Å². The first kappa shape index (κ1) is 13.5. The Morgan fingerprint density at radius 2 is 2.11 bits per heavy atom. The van der Waals surface area contributed by atoms with Gasteiger partial charge in [-0.05, 0) is 45.9 Å². The number of aromatic nitrogens is 1. The number of ether oxygens (including phenoxy) is 1. The van der Waals surface area contributed by atoms with Crippen molar-refractivity contribution in [3.05, 3.63) is 29.5 Å². The second kappa shape index (κ2) is 4.96. The molecule has 4 heteroatoms. The third kappa shape index (κ3) is 2.18. The maximum atomic E-state index is 12.1. The third-order valence-electron chi connectivity index (χ3n) is 3.23. The Kier molecular flexibility index (Phi) is 3.51. The predicted octanol–water partition coefficient (Wildman–Crippen LogP) is 3.41. The summed E-state index contributed by atoms with van der Waals surface area (Å²) < 4.78 is 7.20. The van der Waals surface area contributed by atoms with Gasteiger partial charge in [0.2, 0.25) is 0 Å². The summed E-state index contributed by atoms with van der Waals surface area (Å²) in [6, 6.07) is 5.32. The third-order valence-corrected chi connectivity index (χ3v) is 3.23. The van der Waals surface area contributed by atoms with Crippen LogP contribution in [0.2, 0.25) is 0 Å². The minimum atomic E-state index is -0.338. The molecular weight excluding hydrogens is 242 g/mol. The summed E-state index contributed by atoms with van der Waals surface area (Å²) in [6.45, 7) is 8.16. The second-order valence-corrected chi connectivity index (χ2v) is 4.85. The molecule has 0 aliphatic heterocycles. The zero-order valence-corrected chi connectivity index (χ0v) is 11.7. The zero-order chi connectivity index (χ0) is 14.2. The Hall–Kier alpha value is -1.97. The summed E-state index contributed by atoms with van der Waals surface area (Å²) in [5.74, 6) is -0.186. The van der Waals surface area contributed by atoms with Gasteiger partial charge in [0.15, 0.2) is 0 Å². The van der Waals surface area contributed by atoms with Crippen molar-refractivity contribution in [1.29, 1.82) is 0 Å². The summed E-state index contributed by atoms with van der Waals surface area (Å²) in [7, 11) is 0. The normalized spacial score (nSPS) is 11.2. The number of nitrogens with zero attached hydrogens (tertiary/aromatic N) is 1. The van der Waals surface area contributed by atoms with Gasteiger partial charge in [0, 0.05) is 22.6 Å². The largest absolute Gasteiger partial charge is 0.508 e. The molecule has 4 nitrogen and oxygen atoms in total. The lowest BCUT2D eigenvalue weighted by molar-refractivity contribution is 0.0527. The summed E-state index contributed by atoms with van der Waals surface area (Å²) in [4.78, 5) is 12.1. The van der Waals surface area contributed by atoms with Gasteiger partial charge in [-0.3, -0.25) is 0 Å². The molecule has 0 saturated heterocycles. The number of hydrogen-bond donors (Lipinski definition) is 1. The molecule has 19 heavy (non-hydrogen) atoms. The number of aromatic hydroxyl groups is 1. The molecule has 1 heterocycles. The van der Waals surface area contributed by atoms with E-state index in [4.69, 9.17) is 4.74 Å². The molecule has 0 aliphatic carbocycles. The minimum absolute atomic E-state index is 0.152. The lowest BCUT2D eigenvalue weighted by atomic mass is 10.1. The van der Waals surface area contributed by atoms with Gasteiger partial charge in [-0.2, -0.15) is 0 Å². The molecule has 0 aliphatic rings. The number of benzene rings is 1. The van der Waals surface area contributed by atoms with Crippen LogP contribution in [0.1, 0.15) is 42.9 Å². The molecule has 0 atom stereocenters. The molecule has 0 amide bonds. The van der Waals surface area contributed by atoms with Crippen LogP contribution in [0, 0.1) is 6.92 Å². The highest BCUT2D eigenvalue weighted by Crippen LogP contribution is 2.31. The maximum absolute atomic E-state index is 12.1. The first-order valence-electron chi connectivity index (χ1n) is 6.48. The van der Waals surface area contributed by atoms with Gasteiger partial charge in [-0.25, -0.2) is 4.79 Å². The van der Waals surface area contributed by atoms with Crippen molar-refractivity contribution in [3.63, 3.8) is 0 Å². The average Bonchev–Trinajstić information content (AvgIpc) is 2.60. The van der Waals surface area contributed by atoms with Crippen molar-refractivity contribution in [1.82, 2.24) is 4.57 Å². The first-order valence-corrected chi connectivity index (χ1v) is 6.48. The van der Waals surface area contributed by atoms with Crippen molar-refractivity contribution in [2.45, 2.75) is 33.7 Å². The number of carbonyl (C=O) groups is 1. The van der Waals surface area contributed by atoms with E-state index in [0.717, 1.165) is 16.6 Å². The highest BCUT2D eigenvalue weighted by Gasteiger charge is 2.22. The fourth-order valence-electron chi connectivity index (χ4n) is 2.56. The van der Waals surface area contributed by atoms with Crippen LogP contribution in [-0.4, -0.2) is 22.2 Å². The summed E-state index contributed by atoms with van der Waals surface area (Å²) in [5.41, 5.74) is 2.35. The summed E-state index contributed by atoms with van der Waals surface area (Å²) >= 11 is 0. The molecule has 1 N–H and O–H groups in total. The molecule has 0 fully saturated rings. The van der Waals surface area contributed by atoms with Gasteiger partial charge in [-0.1, -0.05) is 0 Å². The van der Waals surface area contributed by atoms with Gasteiger partial charge >= 0.3 is 5.97 Å². The molecule has 0 saturated carbocycles. The van der Waals surface area contributed by atoms with Gasteiger partial charge in [0.1, 0.15) is 5.75 Å². The Bertz CT molecular complexity index is 626. The molecule has 1 aromatic heterocycles. The van der Waals surface area contributed by atoms with Crippen LogP contribution in [0.15, 0.2) is 18.2 Å². The van der Waals surface area contributed by atoms with Crippen LogP contribution in [0.5, 0.6) is 5.75 Å². The van der Waals surface area contributed by atoms with Crippen LogP contribution >= 0.6 is 0 Å². The van der Waals surface area contributed by atoms with Crippen LogP contribution < -0.4 is 0 Å². The molecule has 102 valence electrons. The second-order valence-electron chi connectivity index (χ2n) is 4.85. The minimum Gasteiger partial charge on any atom is -0.508 e. The van der Waals surface area contributed by atoms with Gasteiger partial charge in [-0.15, -0.1) is 0 Å². The average molecular weight is 261 g/mol. The fourth-order valence-corrected chi connectivity index (χ4v) is 2.56. The Balaban J connectivity index is 2.78. The number of phenolic OH excluding ortho intramolecular Hbond substituents is 1. The van der Waals surface area contributed by atoms with E-state index in [2.05, 4.69) is 18.4 Å². The number of phenols is 1. The standard InChI is InChI=1S/C15H19NO3/c1-5-19-15(18)14-10(4)16(9(2)3)13-7-6-11(17)8-12(13)14/h6-9,17H,5H2,1-4H3. The summed E-state index contributed by atoms with van der Waals surface area (Å²) in [5, 5.41) is 10.4. The highest BCUT2D eigenvalue weighted by atomic mass is 16.5. The van der Waals surface area contributed by atoms with Crippen molar-refractivity contribution in [3.8, 4) is 5.75 Å². The number of carbonyl (C=O) groups excluding carboxylic acids is 1. The first-order chi connectivity index (χ1) is 8.97. The smallest absolute Gasteiger partial charge is 0.340 e. The van der Waals surface area contributed by atoms with Crippen LogP contribution in [0.3, 0.4) is 0 Å². The van der Waals surface area contributed by atoms with Gasteiger partial charge in [0.25, 0.3) is 0 Å². The van der Waals surface area contributed by atoms with E-state index >= 15 is 0 Å². The Morgan fingerprint density at radius 3 is 2.68 bits per heavy atom. The van der Waals surface area contributed by atoms with Crippen LogP contribution in [0.25, 0.3) is 10.9 Å². The van der Waals surface area contributed by atoms with Crippen LogP contribution in [0.4, 0.5) is 0 Å². The Morgan fingerprint density at radius 1 is 1.42 bits per heavy atom. The quantitative estimate of drug-likeness (QED) is 0.861. The molecule has 1 aromatic carbocycles. The van der Waals surface area contributed by atoms with Crippen molar-refractivity contribution >= 4 is 16.9 Å². The monoisotopic (exact) mass is 261 g/mol. The Labute approximate surface area is 112 Å². The highest BCUT2D eigenvalue weighted by molar-refractivity contribution is 6.06. The van der Waals surface area contributed by atoms with Crippen molar-refractivity contribution < 1.29 is 14.6 Å². The van der Waals surface area contributed by atoms with E-state index in [0.29, 0.717) is 12.2 Å². The lowest BCUT2D eigenvalue weighted by Gasteiger charge is -2.12. The van der Waals surface area contributed by atoms with E-state index in [1.165, 1.54) is 0 Å². The molecular formula is C15H19NO3. The molecule has 0 radical (unpaired) electrons. The zero-order valence-electron chi connectivity index (χ0n) is 11.7.